The van der Waals surface area contributed by atoms with Crippen molar-refractivity contribution in [1.29, 1.82) is 0 Å². The molecule has 2 aromatic carbocycles. The molecule has 0 amide bonds. The summed E-state index contributed by atoms with van der Waals surface area (Å²) in [6.45, 7) is 2.79. The van der Waals surface area contributed by atoms with Crippen LogP contribution in [0.3, 0.4) is 0 Å². The number of nitrogens with one attached hydrogen (secondary N) is 2. The Morgan fingerprint density at radius 2 is 1.83 bits per heavy atom. The Balaban J connectivity index is 1.59. The highest BCUT2D eigenvalue weighted by Crippen LogP contribution is 2.17. The Morgan fingerprint density at radius 3 is 2.62 bits per heavy atom. The van der Waals surface area contributed by atoms with Crippen LogP contribution in [0.15, 0.2) is 54.7 Å². The average Bonchev–Trinajstić information content (AvgIpc) is 2.59. The molecule has 0 bridgehead atoms. The molecule has 3 rings (SSSR count). The number of rotatable bonds is 6. The van der Waals surface area contributed by atoms with E-state index in [2.05, 4.69) is 25.8 Å². The molecule has 0 aliphatic rings. The van der Waals surface area contributed by atoms with E-state index in [1.165, 1.54) is 5.56 Å². The number of halogens is 1. The highest BCUT2D eigenvalue weighted by atomic mass is 35.5. The van der Waals surface area contributed by atoms with E-state index in [1.807, 2.05) is 55.5 Å². The van der Waals surface area contributed by atoms with Gasteiger partial charge in [-0.3, -0.25) is 0 Å². The standard InChI is InChI=1S/C18H18ClN5/c1-13-4-2-3-5-16(13)22-18-23-17(12-21-24-18)20-11-10-14-6-8-15(19)9-7-14/h2-9,12H,10-11H2,1H3,(H2,20,22,23,24). The lowest BCUT2D eigenvalue weighted by Crippen LogP contribution is -2.09. The maximum atomic E-state index is 5.89. The minimum atomic E-state index is 0.473. The highest BCUT2D eigenvalue weighted by Gasteiger charge is 2.03. The summed E-state index contributed by atoms with van der Waals surface area (Å²) in [6.07, 6.45) is 2.49. The van der Waals surface area contributed by atoms with Gasteiger partial charge in [-0.15, -0.1) is 5.10 Å². The summed E-state index contributed by atoms with van der Waals surface area (Å²) in [5.74, 6) is 1.16. The zero-order chi connectivity index (χ0) is 16.8. The maximum Gasteiger partial charge on any atom is 0.249 e. The number of nitrogens with zero attached hydrogens (tertiary/aromatic N) is 3. The zero-order valence-corrected chi connectivity index (χ0v) is 14.1. The van der Waals surface area contributed by atoms with Crippen LogP contribution < -0.4 is 10.6 Å². The fourth-order valence-corrected chi connectivity index (χ4v) is 2.39. The van der Waals surface area contributed by atoms with Gasteiger partial charge in [-0.05, 0) is 42.7 Å². The first kappa shape index (κ1) is 16.2. The van der Waals surface area contributed by atoms with Gasteiger partial charge in [0.05, 0.1) is 6.20 Å². The van der Waals surface area contributed by atoms with Crippen LogP contribution in [0.2, 0.25) is 5.02 Å². The van der Waals surface area contributed by atoms with Crippen molar-refractivity contribution in [3.63, 3.8) is 0 Å². The summed E-state index contributed by atoms with van der Waals surface area (Å²) in [5.41, 5.74) is 3.31. The molecule has 0 atom stereocenters. The molecule has 0 saturated carbocycles. The molecule has 1 heterocycles. The quantitative estimate of drug-likeness (QED) is 0.703. The van der Waals surface area contributed by atoms with Crippen LogP contribution in [-0.2, 0) is 6.42 Å². The van der Waals surface area contributed by atoms with Crippen molar-refractivity contribution in [3.05, 3.63) is 70.9 Å². The summed E-state index contributed by atoms with van der Waals surface area (Å²) >= 11 is 5.89. The maximum absolute atomic E-state index is 5.89. The smallest absolute Gasteiger partial charge is 0.249 e. The van der Waals surface area contributed by atoms with Gasteiger partial charge < -0.3 is 10.6 Å². The highest BCUT2D eigenvalue weighted by molar-refractivity contribution is 6.30. The number of hydrogen-bond donors (Lipinski definition) is 2. The van der Waals surface area contributed by atoms with E-state index in [0.29, 0.717) is 11.8 Å². The van der Waals surface area contributed by atoms with Gasteiger partial charge in [0.15, 0.2) is 5.82 Å². The van der Waals surface area contributed by atoms with Crippen molar-refractivity contribution in [2.45, 2.75) is 13.3 Å². The SMILES string of the molecule is Cc1ccccc1Nc1nncc(NCCc2ccc(Cl)cc2)n1. The lowest BCUT2D eigenvalue weighted by Gasteiger charge is -2.09. The average molecular weight is 340 g/mol. The Bertz CT molecular complexity index is 805. The second-order valence-electron chi connectivity index (χ2n) is 5.41. The van der Waals surface area contributed by atoms with Crippen molar-refractivity contribution in [1.82, 2.24) is 15.2 Å². The predicted octanol–water partition coefficient (Wildman–Crippen LogP) is 4.23. The van der Waals surface area contributed by atoms with E-state index >= 15 is 0 Å². The molecule has 0 radical (unpaired) electrons. The van der Waals surface area contributed by atoms with Gasteiger partial charge in [0, 0.05) is 17.3 Å². The van der Waals surface area contributed by atoms with Crippen molar-refractivity contribution in [2.24, 2.45) is 0 Å². The first-order valence-corrected chi connectivity index (χ1v) is 8.09. The molecule has 3 aromatic rings. The molecule has 0 saturated heterocycles. The van der Waals surface area contributed by atoms with E-state index in [9.17, 15) is 0 Å². The Morgan fingerprint density at radius 1 is 1.04 bits per heavy atom. The molecular formula is C18H18ClN5. The molecule has 24 heavy (non-hydrogen) atoms. The minimum absolute atomic E-state index is 0.473. The number of benzene rings is 2. The third-order valence-electron chi connectivity index (χ3n) is 3.58. The molecule has 5 nitrogen and oxygen atoms in total. The van der Waals surface area contributed by atoms with Crippen molar-refractivity contribution < 1.29 is 0 Å². The number of para-hydroxylation sites is 1. The van der Waals surface area contributed by atoms with E-state index < -0.39 is 0 Å². The molecule has 6 heteroatoms. The number of aromatic nitrogens is 3. The van der Waals surface area contributed by atoms with Gasteiger partial charge in [0.1, 0.15) is 0 Å². The molecule has 1 aromatic heterocycles. The van der Waals surface area contributed by atoms with Crippen LogP contribution in [0, 0.1) is 6.92 Å². The fraction of sp³-hybridized carbons (Fsp3) is 0.167. The van der Waals surface area contributed by atoms with Crippen molar-refractivity contribution in [2.75, 3.05) is 17.2 Å². The van der Waals surface area contributed by atoms with E-state index in [1.54, 1.807) is 6.20 Å². The third-order valence-corrected chi connectivity index (χ3v) is 3.84. The predicted molar refractivity (Wildman–Crippen MR) is 97.9 cm³/mol. The monoisotopic (exact) mass is 339 g/mol. The molecule has 2 N–H and O–H groups in total. The Hall–Kier alpha value is -2.66. The summed E-state index contributed by atoms with van der Waals surface area (Å²) in [7, 11) is 0. The van der Waals surface area contributed by atoms with Gasteiger partial charge in [-0.2, -0.15) is 10.1 Å². The zero-order valence-electron chi connectivity index (χ0n) is 13.3. The second-order valence-corrected chi connectivity index (χ2v) is 5.84. The largest absolute Gasteiger partial charge is 0.368 e. The molecule has 0 aliphatic carbocycles. The Kier molecular flexibility index (Phi) is 5.23. The number of hydrogen-bond acceptors (Lipinski definition) is 5. The third kappa shape index (κ3) is 4.43. The first-order valence-electron chi connectivity index (χ1n) is 7.71. The topological polar surface area (TPSA) is 62.7 Å². The van der Waals surface area contributed by atoms with Gasteiger partial charge >= 0.3 is 0 Å². The molecule has 0 unspecified atom stereocenters. The second kappa shape index (κ2) is 7.75. The number of aryl methyl sites for hydroxylation is 1. The molecule has 0 spiro atoms. The van der Waals surface area contributed by atoms with Crippen LogP contribution in [0.4, 0.5) is 17.5 Å². The minimum Gasteiger partial charge on any atom is -0.368 e. The van der Waals surface area contributed by atoms with Gasteiger partial charge in [0.25, 0.3) is 0 Å². The van der Waals surface area contributed by atoms with Gasteiger partial charge in [0.2, 0.25) is 5.95 Å². The molecule has 0 fully saturated rings. The number of anilines is 3. The lowest BCUT2D eigenvalue weighted by atomic mass is 10.1. The normalized spacial score (nSPS) is 10.4. The van der Waals surface area contributed by atoms with Gasteiger partial charge in [-0.25, -0.2) is 0 Å². The summed E-state index contributed by atoms with van der Waals surface area (Å²) < 4.78 is 0. The summed E-state index contributed by atoms with van der Waals surface area (Å²) in [6, 6.07) is 15.8. The Labute approximate surface area is 146 Å². The summed E-state index contributed by atoms with van der Waals surface area (Å²) in [4.78, 5) is 4.44. The molecular weight excluding hydrogens is 322 g/mol. The summed E-state index contributed by atoms with van der Waals surface area (Å²) in [5, 5.41) is 15.2. The van der Waals surface area contributed by atoms with Crippen molar-refractivity contribution >= 4 is 29.1 Å². The van der Waals surface area contributed by atoms with E-state index in [-0.39, 0.29) is 0 Å². The van der Waals surface area contributed by atoms with Crippen LogP contribution in [0.5, 0.6) is 0 Å². The van der Waals surface area contributed by atoms with E-state index in [4.69, 9.17) is 11.6 Å². The van der Waals surface area contributed by atoms with Crippen LogP contribution in [0.25, 0.3) is 0 Å². The molecule has 0 aliphatic heterocycles. The van der Waals surface area contributed by atoms with E-state index in [0.717, 1.165) is 29.2 Å². The molecule has 122 valence electrons. The van der Waals surface area contributed by atoms with Crippen LogP contribution >= 0.6 is 11.6 Å². The van der Waals surface area contributed by atoms with Crippen LogP contribution in [0.1, 0.15) is 11.1 Å². The first-order chi connectivity index (χ1) is 11.7. The van der Waals surface area contributed by atoms with Crippen LogP contribution in [-0.4, -0.2) is 21.7 Å². The fourth-order valence-electron chi connectivity index (χ4n) is 2.26. The van der Waals surface area contributed by atoms with Crippen molar-refractivity contribution in [3.8, 4) is 0 Å². The van der Waals surface area contributed by atoms with Gasteiger partial charge in [-0.1, -0.05) is 41.9 Å². The lowest BCUT2D eigenvalue weighted by molar-refractivity contribution is 0.950.